The minimum atomic E-state index is -2.08. The summed E-state index contributed by atoms with van der Waals surface area (Å²) in [6, 6.07) is 29.8. The lowest BCUT2D eigenvalue weighted by Gasteiger charge is -2.48. The van der Waals surface area contributed by atoms with Gasteiger partial charge in [0.25, 0.3) is 0 Å². The molecule has 0 radical (unpaired) electrons. The van der Waals surface area contributed by atoms with E-state index in [-0.39, 0.29) is 24.9 Å². The smallest absolute Gasteiger partial charge is 0.220 e. The predicted octanol–water partition coefficient (Wildman–Crippen LogP) is 8.01. The van der Waals surface area contributed by atoms with E-state index in [4.69, 9.17) is 56.8 Å². The molecule has 4 saturated heterocycles. The molecule has 10 atom stereocenters. The number of benzene rings is 3. The molecule has 12 nitrogen and oxygen atoms in total. The maximum Gasteiger partial charge on any atom is 0.220 e. The lowest BCUT2D eigenvalue weighted by atomic mass is 9.97. The van der Waals surface area contributed by atoms with Crippen LogP contribution in [0.5, 0.6) is 0 Å². The van der Waals surface area contributed by atoms with Crippen molar-refractivity contribution in [3.8, 4) is 0 Å². The van der Waals surface area contributed by atoms with Gasteiger partial charge in [0.2, 0.25) is 6.29 Å². The Balaban J connectivity index is 1.09. The Morgan fingerprint density at radius 3 is 1.71 bits per heavy atom. The number of ether oxygens (including phenoxy) is 9. The Morgan fingerprint density at radius 1 is 0.638 bits per heavy atom. The van der Waals surface area contributed by atoms with Gasteiger partial charge >= 0.3 is 0 Å². The minimum Gasteiger partial charge on any atom is -0.414 e. The first-order chi connectivity index (χ1) is 27.6. The zero-order chi connectivity index (χ0) is 41.1. The highest BCUT2D eigenvalue weighted by atomic mass is 28.4. The van der Waals surface area contributed by atoms with Gasteiger partial charge in [-0.3, -0.25) is 0 Å². The van der Waals surface area contributed by atoms with Gasteiger partial charge in [-0.25, -0.2) is 9.78 Å². The predicted molar refractivity (Wildman–Crippen MR) is 217 cm³/mol. The zero-order valence-corrected chi connectivity index (χ0v) is 36.4. The largest absolute Gasteiger partial charge is 0.414 e. The van der Waals surface area contributed by atoms with Crippen molar-refractivity contribution in [2.75, 3.05) is 19.8 Å². The van der Waals surface area contributed by atoms with Crippen LogP contribution in [0.1, 0.15) is 71.4 Å². The van der Waals surface area contributed by atoms with E-state index in [9.17, 15) is 0 Å². The van der Waals surface area contributed by atoms with E-state index in [0.717, 1.165) is 16.7 Å². The third-order valence-corrected chi connectivity index (χ3v) is 16.0. The maximum absolute atomic E-state index is 6.74. The van der Waals surface area contributed by atoms with E-state index in [2.05, 4.69) is 33.9 Å². The molecule has 3 aromatic carbocycles. The number of fused-ring (bicyclic) bond motifs is 1. The molecule has 0 spiro atoms. The second-order valence-electron chi connectivity index (χ2n) is 18.0. The van der Waals surface area contributed by atoms with Crippen LogP contribution in [0, 0.1) is 0 Å². The summed E-state index contributed by atoms with van der Waals surface area (Å²) in [6.07, 6.45) is -6.13. The summed E-state index contributed by atoms with van der Waals surface area (Å²) < 4.78 is 65.4. The van der Waals surface area contributed by atoms with Crippen molar-refractivity contribution in [3.05, 3.63) is 108 Å². The molecule has 1 unspecified atom stereocenters. The van der Waals surface area contributed by atoms with Crippen LogP contribution >= 0.6 is 0 Å². The Kier molecular flexibility index (Phi) is 13.6. The minimum absolute atomic E-state index is 0.00216. The van der Waals surface area contributed by atoms with Crippen molar-refractivity contribution >= 4 is 8.32 Å². The third-order valence-electron chi connectivity index (χ3n) is 11.5. The molecule has 0 bridgehead atoms. The Labute approximate surface area is 344 Å². The fourth-order valence-corrected chi connectivity index (χ4v) is 8.54. The van der Waals surface area contributed by atoms with E-state index < -0.39 is 81.3 Å². The van der Waals surface area contributed by atoms with Gasteiger partial charge in [-0.05, 0) is 57.0 Å². The maximum atomic E-state index is 6.74. The van der Waals surface area contributed by atoms with E-state index >= 15 is 0 Å². The van der Waals surface area contributed by atoms with E-state index in [0.29, 0.717) is 13.2 Å². The van der Waals surface area contributed by atoms with Gasteiger partial charge in [-0.2, -0.15) is 0 Å². The quantitative estimate of drug-likeness (QED) is 0.0842. The van der Waals surface area contributed by atoms with Crippen molar-refractivity contribution in [2.24, 2.45) is 0 Å². The van der Waals surface area contributed by atoms with Crippen LogP contribution in [0.3, 0.4) is 0 Å². The van der Waals surface area contributed by atoms with Crippen LogP contribution in [0.15, 0.2) is 91.0 Å². The second-order valence-corrected chi connectivity index (χ2v) is 22.8. The fourth-order valence-electron chi connectivity index (χ4n) is 7.52. The molecule has 58 heavy (non-hydrogen) atoms. The summed E-state index contributed by atoms with van der Waals surface area (Å²) in [4.78, 5) is 12.3. The van der Waals surface area contributed by atoms with Gasteiger partial charge in [-0.15, -0.1) is 0 Å². The SMILES string of the molecule is CC1(C)O[C@@H]([C@@H]2OC(C)(C)O[C@@H]2CO[Si](C)(C)C(C)(C)C)[C@@H](COO[C@@H]2O[C@@H]3COC(c4ccccc4)O[C@H]3[C@H](OCc3ccccc3)[C@@H]2OCc2ccccc2)O1. The van der Waals surface area contributed by atoms with Gasteiger partial charge < -0.3 is 47.1 Å². The summed E-state index contributed by atoms with van der Waals surface area (Å²) in [5.74, 6) is -1.77. The highest BCUT2D eigenvalue weighted by Gasteiger charge is 2.56. The average molecular weight is 823 g/mol. The van der Waals surface area contributed by atoms with Crippen molar-refractivity contribution in [2.45, 2.75) is 153 Å². The van der Waals surface area contributed by atoms with Crippen LogP contribution in [-0.4, -0.2) is 94.8 Å². The highest BCUT2D eigenvalue weighted by Crippen LogP contribution is 2.42. The van der Waals surface area contributed by atoms with E-state index in [1.807, 2.05) is 119 Å². The van der Waals surface area contributed by atoms with Crippen molar-refractivity contribution < 1.29 is 56.8 Å². The summed E-state index contributed by atoms with van der Waals surface area (Å²) in [7, 11) is -2.08. The topological polar surface area (TPSA) is 111 Å². The normalized spacial score (nSPS) is 32.2. The lowest BCUT2D eigenvalue weighted by Crippen LogP contribution is -2.63. The number of rotatable bonds is 15. The van der Waals surface area contributed by atoms with Gasteiger partial charge in [0.05, 0.1) is 26.4 Å². The third kappa shape index (κ3) is 10.6. The van der Waals surface area contributed by atoms with Gasteiger partial charge in [0, 0.05) is 5.56 Å². The van der Waals surface area contributed by atoms with Crippen molar-refractivity contribution in [1.82, 2.24) is 0 Å². The van der Waals surface area contributed by atoms with Crippen LogP contribution in [0.4, 0.5) is 0 Å². The molecule has 3 aromatic rings. The van der Waals surface area contributed by atoms with Gasteiger partial charge in [0.15, 0.2) is 26.2 Å². The first kappa shape index (κ1) is 43.5. The van der Waals surface area contributed by atoms with E-state index in [1.165, 1.54) is 0 Å². The molecule has 4 aliphatic heterocycles. The molecule has 7 rings (SSSR count). The summed E-state index contributed by atoms with van der Waals surface area (Å²) in [5, 5.41) is 0.0368. The van der Waals surface area contributed by atoms with E-state index in [1.54, 1.807) is 0 Å². The monoisotopic (exact) mass is 822 g/mol. The Bertz CT molecular complexity index is 1720. The molecule has 0 amide bonds. The van der Waals surface area contributed by atoms with Crippen LogP contribution < -0.4 is 0 Å². The average Bonchev–Trinajstić information content (AvgIpc) is 3.68. The number of hydrogen-bond acceptors (Lipinski definition) is 12. The molecule has 4 aliphatic rings. The molecule has 4 heterocycles. The van der Waals surface area contributed by atoms with Crippen LogP contribution in [-0.2, 0) is 70.0 Å². The molecular weight excluding hydrogens is 761 g/mol. The molecule has 13 heteroatoms. The molecule has 0 aliphatic carbocycles. The molecular formula is C45H62O12Si. The summed E-state index contributed by atoms with van der Waals surface area (Å²) in [6.45, 7) is 19.9. The zero-order valence-electron chi connectivity index (χ0n) is 35.4. The molecule has 0 N–H and O–H groups in total. The second kappa shape index (κ2) is 18.2. The van der Waals surface area contributed by atoms with Crippen LogP contribution in [0.25, 0.3) is 0 Å². The Hall–Kier alpha value is -2.60. The molecule has 318 valence electrons. The first-order valence-electron chi connectivity index (χ1n) is 20.5. The molecule has 0 saturated carbocycles. The summed E-state index contributed by atoms with van der Waals surface area (Å²) >= 11 is 0. The van der Waals surface area contributed by atoms with Crippen molar-refractivity contribution in [3.63, 3.8) is 0 Å². The lowest BCUT2D eigenvalue weighted by molar-refractivity contribution is -0.450. The standard InChI is InChI=1S/C45H62O12Si/c1-43(2,3)58(8,9)50-29-35-38(56-45(6,7)54-35)37-34(53-44(4,5)55-37)28-49-57-42-40(47-26-31-21-15-11-16-22-31)39(46-25-30-19-13-10-14-20-30)36-33(51-42)27-48-41(52-36)32-23-17-12-18-24-32/h10-24,33-42H,25-29H2,1-9H3/t33-,34-,35-,36-,37-,38-,39+,40+,41?,42+/m1/s1. The van der Waals surface area contributed by atoms with Gasteiger partial charge in [-0.1, -0.05) is 112 Å². The Morgan fingerprint density at radius 2 is 1.16 bits per heavy atom. The first-order valence-corrected chi connectivity index (χ1v) is 23.4. The van der Waals surface area contributed by atoms with Gasteiger partial charge in [0.1, 0.15) is 55.4 Å². The molecule has 0 aromatic heterocycles. The fraction of sp³-hybridized carbons (Fsp3) is 0.600. The molecule has 4 fully saturated rings. The van der Waals surface area contributed by atoms with Crippen molar-refractivity contribution in [1.29, 1.82) is 0 Å². The van der Waals surface area contributed by atoms with Crippen LogP contribution in [0.2, 0.25) is 18.1 Å². The number of hydrogen-bond donors (Lipinski definition) is 0. The summed E-state index contributed by atoms with van der Waals surface area (Å²) in [5.41, 5.74) is 2.89. The highest BCUT2D eigenvalue weighted by molar-refractivity contribution is 6.74.